The zero-order valence-corrected chi connectivity index (χ0v) is 16.3. The van der Waals surface area contributed by atoms with Crippen LogP contribution in [0.3, 0.4) is 0 Å². The molecule has 0 radical (unpaired) electrons. The molecule has 3 saturated carbocycles. The fourth-order valence-corrected chi connectivity index (χ4v) is 7.53. The largest absolute Gasteiger partial charge is 0.396 e. The third-order valence-electron chi connectivity index (χ3n) is 9.24. The lowest BCUT2D eigenvalue weighted by atomic mass is 9.47. The maximum atomic E-state index is 11.3. The van der Waals surface area contributed by atoms with Gasteiger partial charge in [0.1, 0.15) is 0 Å². The van der Waals surface area contributed by atoms with Crippen LogP contribution >= 0.6 is 0 Å². The summed E-state index contributed by atoms with van der Waals surface area (Å²) in [4.78, 5) is 0. The first-order chi connectivity index (χ1) is 11.9. The molecule has 3 fully saturated rings. The second-order valence-corrected chi connectivity index (χ2v) is 9.86. The SMILES string of the molecule is COC1CCC2(C)C(=CCC3C2CCC2(C)C3CCC2(O)CCO)C1. The Morgan fingerprint density at radius 2 is 1.88 bits per heavy atom. The van der Waals surface area contributed by atoms with Gasteiger partial charge >= 0.3 is 0 Å². The Balaban J connectivity index is 1.63. The van der Waals surface area contributed by atoms with Gasteiger partial charge in [0.2, 0.25) is 0 Å². The molecule has 0 heterocycles. The maximum Gasteiger partial charge on any atom is 0.0725 e. The molecular formula is C22H36O3. The van der Waals surface area contributed by atoms with Crippen molar-refractivity contribution in [3.8, 4) is 0 Å². The molecule has 25 heavy (non-hydrogen) atoms. The summed E-state index contributed by atoms with van der Waals surface area (Å²) >= 11 is 0. The lowest BCUT2D eigenvalue weighted by molar-refractivity contribution is -0.132. The van der Waals surface area contributed by atoms with E-state index in [-0.39, 0.29) is 12.0 Å². The van der Waals surface area contributed by atoms with E-state index in [2.05, 4.69) is 19.9 Å². The first-order valence-electron chi connectivity index (χ1n) is 10.4. The van der Waals surface area contributed by atoms with E-state index < -0.39 is 5.60 Å². The minimum absolute atomic E-state index is 0.0116. The molecule has 0 aromatic rings. The minimum atomic E-state index is -0.657. The number of hydrogen-bond acceptors (Lipinski definition) is 3. The highest BCUT2D eigenvalue weighted by Crippen LogP contribution is 2.67. The molecule has 0 saturated heterocycles. The molecule has 4 aliphatic carbocycles. The molecule has 0 bridgehead atoms. The zero-order valence-electron chi connectivity index (χ0n) is 16.3. The summed E-state index contributed by atoms with van der Waals surface area (Å²) in [5, 5.41) is 20.8. The van der Waals surface area contributed by atoms with Crippen LogP contribution in [0.25, 0.3) is 0 Å². The van der Waals surface area contributed by atoms with Crippen molar-refractivity contribution in [2.45, 2.75) is 83.3 Å². The van der Waals surface area contributed by atoms with E-state index in [0.29, 0.717) is 29.8 Å². The lowest BCUT2D eigenvalue weighted by Gasteiger charge is -2.59. The van der Waals surface area contributed by atoms with Crippen LogP contribution in [0.15, 0.2) is 11.6 Å². The van der Waals surface area contributed by atoms with Crippen LogP contribution in [-0.4, -0.2) is 35.6 Å². The molecule has 3 heteroatoms. The molecule has 0 aromatic carbocycles. The van der Waals surface area contributed by atoms with Crippen LogP contribution in [0.5, 0.6) is 0 Å². The first kappa shape index (κ1) is 18.0. The molecule has 0 aromatic heterocycles. The standard InChI is InChI=1S/C22H36O3/c1-20-9-6-16(25-3)14-15(20)4-5-17-18(20)7-10-21(2)19(17)8-11-22(21,24)12-13-23/h4,16-19,23-24H,5-14H2,1-3H3. The Bertz CT molecular complexity index is 557. The summed E-state index contributed by atoms with van der Waals surface area (Å²) in [6, 6.07) is 0. The molecule has 3 nitrogen and oxygen atoms in total. The van der Waals surface area contributed by atoms with Crippen LogP contribution in [-0.2, 0) is 4.74 Å². The minimum Gasteiger partial charge on any atom is -0.396 e. The van der Waals surface area contributed by atoms with Gasteiger partial charge in [-0.15, -0.1) is 0 Å². The molecule has 142 valence electrons. The van der Waals surface area contributed by atoms with Gasteiger partial charge in [-0.25, -0.2) is 0 Å². The Labute approximate surface area is 152 Å². The number of aliphatic hydroxyl groups excluding tert-OH is 1. The van der Waals surface area contributed by atoms with Crippen molar-refractivity contribution >= 4 is 0 Å². The van der Waals surface area contributed by atoms with Gasteiger partial charge in [-0.1, -0.05) is 25.5 Å². The second-order valence-electron chi connectivity index (χ2n) is 9.86. The molecule has 7 unspecified atom stereocenters. The van der Waals surface area contributed by atoms with Crippen LogP contribution in [0.1, 0.15) is 71.6 Å². The number of methoxy groups -OCH3 is 1. The number of fused-ring (bicyclic) bond motifs is 5. The normalized spacial score (nSPS) is 52.1. The average Bonchev–Trinajstić information content (AvgIpc) is 2.86. The monoisotopic (exact) mass is 348 g/mol. The summed E-state index contributed by atoms with van der Waals surface area (Å²) in [6.07, 6.45) is 12.6. The Morgan fingerprint density at radius 1 is 1.12 bits per heavy atom. The van der Waals surface area contributed by atoms with Gasteiger partial charge in [-0.3, -0.25) is 0 Å². The molecule has 4 aliphatic rings. The number of ether oxygens (including phenoxy) is 1. The summed E-state index contributed by atoms with van der Waals surface area (Å²) in [7, 11) is 1.85. The van der Waals surface area contributed by atoms with Crippen molar-refractivity contribution < 1.29 is 14.9 Å². The quantitative estimate of drug-likeness (QED) is 0.756. The smallest absolute Gasteiger partial charge is 0.0725 e. The van der Waals surface area contributed by atoms with Crippen molar-refractivity contribution in [2.75, 3.05) is 13.7 Å². The van der Waals surface area contributed by atoms with Gasteiger partial charge in [0.05, 0.1) is 11.7 Å². The van der Waals surface area contributed by atoms with E-state index in [1.54, 1.807) is 5.57 Å². The van der Waals surface area contributed by atoms with Crippen LogP contribution < -0.4 is 0 Å². The predicted octanol–water partition coefficient (Wildman–Crippen LogP) is 4.08. The van der Waals surface area contributed by atoms with Crippen molar-refractivity contribution in [3.05, 3.63) is 11.6 Å². The first-order valence-corrected chi connectivity index (χ1v) is 10.4. The number of rotatable bonds is 3. The third kappa shape index (κ3) is 2.41. The highest BCUT2D eigenvalue weighted by Gasteiger charge is 2.63. The van der Waals surface area contributed by atoms with E-state index in [1.165, 1.54) is 25.7 Å². The average molecular weight is 349 g/mol. The summed E-state index contributed by atoms with van der Waals surface area (Å²) in [6.45, 7) is 4.94. The van der Waals surface area contributed by atoms with E-state index in [9.17, 15) is 10.2 Å². The van der Waals surface area contributed by atoms with Gasteiger partial charge in [0.25, 0.3) is 0 Å². The fraction of sp³-hybridized carbons (Fsp3) is 0.909. The molecule has 7 atom stereocenters. The molecule has 0 spiro atoms. The molecule has 2 N–H and O–H groups in total. The van der Waals surface area contributed by atoms with Crippen LogP contribution in [0, 0.1) is 28.6 Å². The van der Waals surface area contributed by atoms with E-state index in [1.807, 2.05) is 7.11 Å². The van der Waals surface area contributed by atoms with Crippen LogP contribution in [0.2, 0.25) is 0 Å². The van der Waals surface area contributed by atoms with E-state index in [0.717, 1.165) is 31.6 Å². The highest BCUT2D eigenvalue weighted by molar-refractivity contribution is 5.26. The number of hydrogen-bond donors (Lipinski definition) is 2. The second kappa shape index (κ2) is 6.07. The van der Waals surface area contributed by atoms with Gasteiger partial charge in [0, 0.05) is 13.7 Å². The van der Waals surface area contributed by atoms with Crippen molar-refractivity contribution in [2.24, 2.45) is 28.6 Å². The lowest BCUT2D eigenvalue weighted by Crippen LogP contribution is -2.54. The van der Waals surface area contributed by atoms with E-state index >= 15 is 0 Å². The molecule has 4 rings (SSSR count). The fourth-order valence-electron chi connectivity index (χ4n) is 7.53. The number of aliphatic hydroxyl groups is 2. The molecule has 0 amide bonds. The van der Waals surface area contributed by atoms with Gasteiger partial charge in [-0.2, -0.15) is 0 Å². The van der Waals surface area contributed by atoms with Crippen molar-refractivity contribution in [1.82, 2.24) is 0 Å². The third-order valence-corrected chi connectivity index (χ3v) is 9.24. The zero-order chi connectivity index (χ0) is 17.9. The molecule has 0 aliphatic heterocycles. The number of allylic oxidation sites excluding steroid dienone is 1. The summed E-state index contributed by atoms with van der Waals surface area (Å²) < 4.78 is 5.66. The van der Waals surface area contributed by atoms with Crippen molar-refractivity contribution in [3.63, 3.8) is 0 Å². The van der Waals surface area contributed by atoms with Gasteiger partial charge in [0.15, 0.2) is 0 Å². The maximum absolute atomic E-state index is 11.3. The topological polar surface area (TPSA) is 49.7 Å². The highest BCUT2D eigenvalue weighted by atomic mass is 16.5. The van der Waals surface area contributed by atoms with Gasteiger partial charge < -0.3 is 14.9 Å². The van der Waals surface area contributed by atoms with Gasteiger partial charge in [-0.05, 0) is 86.4 Å². The predicted molar refractivity (Wildman–Crippen MR) is 99.2 cm³/mol. The van der Waals surface area contributed by atoms with Crippen LogP contribution in [0.4, 0.5) is 0 Å². The molecular weight excluding hydrogens is 312 g/mol. The van der Waals surface area contributed by atoms with E-state index in [4.69, 9.17) is 4.74 Å². The van der Waals surface area contributed by atoms with Crippen molar-refractivity contribution in [1.29, 1.82) is 0 Å². The summed E-state index contributed by atoms with van der Waals surface area (Å²) in [5.41, 5.74) is 1.33. The summed E-state index contributed by atoms with van der Waals surface area (Å²) in [5.74, 6) is 2.08. The Kier molecular flexibility index (Phi) is 4.37. The Hall–Kier alpha value is -0.380. The Morgan fingerprint density at radius 3 is 2.60 bits per heavy atom.